The fourth-order valence-electron chi connectivity index (χ4n) is 3.03. The molecule has 0 heterocycles. The first-order chi connectivity index (χ1) is 12.2. The molecule has 0 aliphatic heterocycles. The number of rotatable bonds is 8. The fourth-order valence-corrected chi connectivity index (χ4v) is 4.12. The first-order valence-electron chi connectivity index (χ1n) is 8.79. The number of sulfonamides is 1. The third-order valence-electron chi connectivity index (χ3n) is 4.66. The van der Waals surface area contributed by atoms with Gasteiger partial charge in [-0.1, -0.05) is 13.0 Å². The lowest BCUT2D eigenvalue weighted by atomic mass is 9.92. The molecule has 0 saturated heterocycles. The van der Waals surface area contributed by atoms with Crippen molar-refractivity contribution in [1.82, 2.24) is 9.62 Å². The largest absolute Gasteiger partial charge is 0.481 e. The van der Waals surface area contributed by atoms with E-state index in [1.807, 2.05) is 6.07 Å². The average Bonchev–Trinajstić information content (AvgIpc) is 2.60. The Morgan fingerprint density at radius 3 is 2.54 bits per heavy atom. The van der Waals surface area contributed by atoms with Gasteiger partial charge < -0.3 is 10.0 Å². The Morgan fingerprint density at radius 2 is 1.88 bits per heavy atom. The van der Waals surface area contributed by atoms with Crippen LogP contribution in [0.25, 0.3) is 0 Å². The van der Waals surface area contributed by atoms with E-state index < -0.39 is 21.9 Å². The van der Waals surface area contributed by atoms with Gasteiger partial charge in [-0.2, -0.15) is 0 Å². The summed E-state index contributed by atoms with van der Waals surface area (Å²) in [5, 5.41) is 8.88. The molecule has 1 atom stereocenters. The van der Waals surface area contributed by atoms with Crippen LogP contribution in [0.4, 0.5) is 0 Å². The number of benzene rings is 1. The van der Waals surface area contributed by atoms with Crippen molar-refractivity contribution < 1.29 is 23.1 Å². The van der Waals surface area contributed by atoms with Gasteiger partial charge in [0.2, 0.25) is 15.9 Å². The molecule has 8 heteroatoms. The summed E-state index contributed by atoms with van der Waals surface area (Å²) in [4.78, 5) is 24.4. The van der Waals surface area contributed by atoms with Crippen molar-refractivity contribution in [1.29, 1.82) is 0 Å². The highest BCUT2D eigenvalue weighted by atomic mass is 32.2. The Bertz CT molecular complexity index is 776. The highest BCUT2D eigenvalue weighted by Crippen LogP contribution is 2.24. The number of hydrogen-bond donors (Lipinski definition) is 2. The first kappa shape index (κ1) is 20.4. The van der Waals surface area contributed by atoms with Crippen LogP contribution in [0.15, 0.2) is 23.1 Å². The predicted molar refractivity (Wildman–Crippen MR) is 97.3 cm³/mol. The lowest BCUT2D eigenvalue weighted by Gasteiger charge is -2.19. The van der Waals surface area contributed by atoms with Gasteiger partial charge in [0.15, 0.2) is 0 Å². The van der Waals surface area contributed by atoms with Crippen LogP contribution >= 0.6 is 0 Å². The van der Waals surface area contributed by atoms with Crippen molar-refractivity contribution in [3.05, 3.63) is 29.3 Å². The Balaban J connectivity index is 1.90. The van der Waals surface area contributed by atoms with Gasteiger partial charge >= 0.3 is 5.97 Å². The molecule has 0 saturated carbocycles. The van der Waals surface area contributed by atoms with Crippen molar-refractivity contribution in [2.75, 3.05) is 20.1 Å². The monoisotopic (exact) mass is 382 g/mol. The van der Waals surface area contributed by atoms with Crippen LogP contribution in [0.3, 0.4) is 0 Å². The standard InChI is InChI=1S/C18H26N2O5S/c1-13(18(22)23)12-20(2)17(21)9-10-19-26(24,25)16-8-7-14-5-3-4-6-15(14)11-16/h7-8,11,13,19H,3-6,9-10,12H2,1-2H3,(H,22,23). The smallest absolute Gasteiger partial charge is 0.308 e. The number of hydrogen-bond acceptors (Lipinski definition) is 4. The molecule has 1 unspecified atom stereocenters. The van der Waals surface area contributed by atoms with E-state index in [1.54, 1.807) is 12.1 Å². The van der Waals surface area contributed by atoms with Gasteiger partial charge in [0.1, 0.15) is 0 Å². The van der Waals surface area contributed by atoms with Gasteiger partial charge in [-0.05, 0) is 48.9 Å². The SMILES string of the molecule is CC(CN(C)C(=O)CCNS(=O)(=O)c1ccc2c(c1)CCCC2)C(=O)O. The average molecular weight is 382 g/mol. The van der Waals surface area contributed by atoms with Gasteiger partial charge in [-0.3, -0.25) is 9.59 Å². The maximum absolute atomic E-state index is 12.4. The predicted octanol–water partition coefficient (Wildman–Crippen LogP) is 1.41. The van der Waals surface area contributed by atoms with E-state index in [0.717, 1.165) is 31.2 Å². The highest BCUT2D eigenvalue weighted by Gasteiger charge is 2.20. The summed E-state index contributed by atoms with van der Waals surface area (Å²) in [5.74, 6) is -1.94. The molecule has 1 aromatic carbocycles. The van der Waals surface area contributed by atoms with Gasteiger partial charge in [0, 0.05) is 26.6 Å². The van der Waals surface area contributed by atoms with E-state index in [9.17, 15) is 18.0 Å². The van der Waals surface area contributed by atoms with Gasteiger partial charge in [0.05, 0.1) is 10.8 Å². The minimum absolute atomic E-state index is 0.0208. The fraction of sp³-hybridized carbons (Fsp3) is 0.556. The molecule has 0 fully saturated rings. The topological polar surface area (TPSA) is 104 Å². The van der Waals surface area contributed by atoms with Crippen LogP contribution in [0.1, 0.15) is 37.3 Å². The van der Waals surface area contributed by atoms with Gasteiger partial charge in [-0.15, -0.1) is 0 Å². The quantitative estimate of drug-likeness (QED) is 0.707. The van der Waals surface area contributed by atoms with Crippen LogP contribution in [0, 0.1) is 5.92 Å². The number of aryl methyl sites for hydroxylation is 2. The number of amides is 1. The van der Waals surface area contributed by atoms with Crippen molar-refractivity contribution in [3.63, 3.8) is 0 Å². The molecule has 0 bridgehead atoms. The molecule has 1 amide bonds. The number of aliphatic carboxylic acids is 1. The molecular weight excluding hydrogens is 356 g/mol. The van der Waals surface area contributed by atoms with E-state index >= 15 is 0 Å². The Morgan fingerprint density at radius 1 is 1.23 bits per heavy atom. The van der Waals surface area contributed by atoms with E-state index in [2.05, 4.69) is 4.72 Å². The number of nitrogens with one attached hydrogen (secondary N) is 1. The van der Waals surface area contributed by atoms with E-state index in [1.165, 1.54) is 24.4 Å². The second-order valence-electron chi connectivity index (χ2n) is 6.80. The third kappa shape index (κ3) is 5.28. The lowest BCUT2D eigenvalue weighted by molar-refractivity contribution is -0.142. The van der Waals surface area contributed by atoms with Crippen LogP contribution < -0.4 is 4.72 Å². The number of carbonyl (C=O) groups is 2. The first-order valence-corrected chi connectivity index (χ1v) is 10.3. The van der Waals surface area contributed by atoms with E-state index in [0.29, 0.717) is 0 Å². The molecule has 1 aliphatic rings. The summed E-state index contributed by atoms with van der Waals surface area (Å²) in [6, 6.07) is 5.20. The minimum Gasteiger partial charge on any atom is -0.481 e. The van der Waals surface area contributed by atoms with Gasteiger partial charge in [0.25, 0.3) is 0 Å². The second kappa shape index (κ2) is 8.64. The summed E-state index contributed by atoms with van der Waals surface area (Å²) in [6.07, 6.45) is 4.06. The Hall–Kier alpha value is -1.93. The molecule has 2 rings (SSSR count). The Labute approximate surface area is 154 Å². The maximum atomic E-state index is 12.4. The maximum Gasteiger partial charge on any atom is 0.308 e. The Kier molecular flexibility index (Phi) is 6.77. The summed E-state index contributed by atoms with van der Waals surface area (Å²) < 4.78 is 27.3. The molecular formula is C18H26N2O5S. The number of carboxylic acid groups (broad SMARTS) is 1. The molecule has 0 radical (unpaired) electrons. The summed E-state index contributed by atoms with van der Waals surface area (Å²) in [7, 11) is -2.15. The van der Waals surface area contributed by atoms with Crippen LogP contribution in [-0.2, 0) is 32.5 Å². The lowest BCUT2D eigenvalue weighted by Crippen LogP contribution is -2.36. The molecule has 7 nitrogen and oxygen atoms in total. The zero-order valence-corrected chi connectivity index (χ0v) is 16.0. The number of carboxylic acids is 1. The number of carbonyl (C=O) groups excluding carboxylic acids is 1. The summed E-state index contributed by atoms with van der Waals surface area (Å²) in [6.45, 7) is 1.58. The van der Waals surface area contributed by atoms with Crippen LogP contribution in [0.2, 0.25) is 0 Å². The van der Waals surface area contributed by atoms with Crippen molar-refractivity contribution in [2.24, 2.45) is 5.92 Å². The van der Waals surface area contributed by atoms with Crippen LogP contribution in [0.5, 0.6) is 0 Å². The zero-order valence-electron chi connectivity index (χ0n) is 15.2. The normalized spacial score (nSPS) is 15.2. The summed E-state index contributed by atoms with van der Waals surface area (Å²) in [5.41, 5.74) is 2.29. The second-order valence-corrected chi connectivity index (χ2v) is 8.57. The van der Waals surface area contributed by atoms with Crippen molar-refractivity contribution in [2.45, 2.75) is 43.9 Å². The van der Waals surface area contributed by atoms with E-state index in [-0.39, 0.29) is 30.3 Å². The van der Waals surface area contributed by atoms with Crippen molar-refractivity contribution >= 4 is 21.9 Å². The zero-order chi connectivity index (χ0) is 19.3. The summed E-state index contributed by atoms with van der Waals surface area (Å²) >= 11 is 0. The van der Waals surface area contributed by atoms with Gasteiger partial charge in [-0.25, -0.2) is 13.1 Å². The molecule has 0 spiro atoms. The molecule has 1 aliphatic carbocycles. The molecule has 0 aromatic heterocycles. The molecule has 2 N–H and O–H groups in total. The third-order valence-corrected chi connectivity index (χ3v) is 6.11. The number of fused-ring (bicyclic) bond motifs is 1. The molecule has 144 valence electrons. The van der Waals surface area contributed by atoms with Crippen molar-refractivity contribution in [3.8, 4) is 0 Å². The molecule has 26 heavy (non-hydrogen) atoms. The van der Waals surface area contributed by atoms with E-state index in [4.69, 9.17) is 5.11 Å². The molecule has 1 aromatic rings. The number of nitrogens with zero attached hydrogens (tertiary/aromatic N) is 1. The van der Waals surface area contributed by atoms with Crippen LogP contribution in [-0.4, -0.2) is 50.4 Å². The highest BCUT2D eigenvalue weighted by molar-refractivity contribution is 7.89. The minimum atomic E-state index is -3.67.